The van der Waals surface area contributed by atoms with Gasteiger partial charge in [-0.15, -0.1) is 0 Å². The average molecular weight is 191 g/mol. The van der Waals surface area contributed by atoms with E-state index in [0.717, 1.165) is 5.56 Å². The molecule has 1 aromatic carbocycles. The Morgan fingerprint density at radius 3 is 3.00 bits per heavy atom. The molecule has 5 nitrogen and oxygen atoms in total. The minimum atomic E-state index is -1.01. The summed E-state index contributed by atoms with van der Waals surface area (Å²) < 4.78 is 0. The molecular weight excluding hydrogens is 182 g/mol. The number of hydrogen-bond acceptors (Lipinski definition) is 3. The number of nitrogens with two attached hydrogens (primary N) is 1. The maximum atomic E-state index is 10.8. The van der Waals surface area contributed by atoms with Crippen molar-refractivity contribution < 1.29 is 9.90 Å². The van der Waals surface area contributed by atoms with E-state index in [0.29, 0.717) is 17.4 Å². The maximum absolute atomic E-state index is 10.8. The molecule has 14 heavy (non-hydrogen) atoms. The number of benzene rings is 1. The van der Waals surface area contributed by atoms with E-state index in [1.807, 2.05) is 6.07 Å². The summed E-state index contributed by atoms with van der Waals surface area (Å²) >= 11 is 0. The molecule has 0 unspecified atom stereocenters. The number of aromatic carboxylic acids is 1. The fourth-order valence-corrected chi connectivity index (χ4v) is 1.42. The molecule has 0 saturated carbocycles. The molecule has 2 rings (SSSR count). The van der Waals surface area contributed by atoms with E-state index in [2.05, 4.69) is 10.2 Å². The number of fused-ring (bicyclic) bond motifs is 1. The second kappa shape index (κ2) is 3.12. The van der Waals surface area contributed by atoms with Gasteiger partial charge in [0.05, 0.1) is 5.52 Å². The van der Waals surface area contributed by atoms with Gasteiger partial charge in [-0.2, -0.15) is 5.10 Å². The van der Waals surface area contributed by atoms with Crippen LogP contribution in [0.3, 0.4) is 0 Å². The molecule has 0 spiro atoms. The first-order valence-electron chi connectivity index (χ1n) is 4.13. The first kappa shape index (κ1) is 8.71. The van der Waals surface area contributed by atoms with Crippen LogP contribution < -0.4 is 5.73 Å². The van der Waals surface area contributed by atoms with E-state index in [1.54, 1.807) is 12.1 Å². The average Bonchev–Trinajstić information content (AvgIpc) is 2.60. The number of nitrogens with zero attached hydrogens (tertiary/aromatic N) is 1. The van der Waals surface area contributed by atoms with Gasteiger partial charge in [-0.25, -0.2) is 4.79 Å². The largest absolute Gasteiger partial charge is 0.477 e. The molecule has 4 N–H and O–H groups in total. The smallest absolute Gasteiger partial charge is 0.354 e. The molecule has 72 valence electrons. The van der Waals surface area contributed by atoms with Gasteiger partial charge in [-0.05, 0) is 5.56 Å². The SMILES string of the molecule is NCc1cccc2c(C(=O)O)[nH]nc12. The molecule has 0 saturated heterocycles. The zero-order valence-corrected chi connectivity index (χ0v) is 7.32. The predicted molar refractivity (Wildman–Crippen MR) is 50.9 cm³/mol. The number of aromatic amines is 1. The van der Waals surface area contributed by atoms with Crippen molar-refractivity contribution in [3.05, 3.63) is 29.5 Å². The lowest BCUT2D eigenvalue weighted by atomic mass is 10.1. The third-order valence-electron chi connectivity index (χ3n) is 2.10. The number of hydrogen-bond donors (Lipinski definition) is 3. The Morgan fingerprint density at radius 2 is 2.36 bits per heavy atom. The highest BCUT2D eigenvalue weighted by Crippen LogP contribution is 2.19. The second-order valence-corrected chi connectivity index (χ2v) is 2.92. The number of para-hydroxylation sites is 1. The van der Waals surface area contributed by atoms with Crippen LogP contribution in [0.2, 0.25) is 0 Å². The summed E-state index contributed by atoms with van der Waals surface area (Å²) in [5.74, 6) is -1.01. The molecule has 0 bridgehead atoms. The van der Waals surface area contributed by atoms with Crippen LogP contribution in [-0.4, -0.2) is 21.3 Å². The fourth-order valence-electron chi connectivity index (χ4n) is 1.42. The van der Waals surface area contributed by atoms with Crippen LogP contribution in [-0.2, 0) is 6.54 Å². The van der Waals surface area contributed by atoms with Crippen LogP contribution in [0.1, 0.15) is 16.1 Å². The molecule has 0 radical (unpaired) electrons. The quantitative estimate of drug-likeness (QED) is 0.652. The van der Waals surface area contributed by atoms with Gasteiger partial charge >= 0.3 is 5.97 Å². The maximum Gasteiger partial charge on any atom is 0.354 e. The van der Waals surface area contributed by atoms with Crippen molar-refractivity contribution in [3.8, 4) is 0 Å². The molecule has 0 aliphatic carbocycles. The highest BCUT2D eigenvalue weighted by molar-refractivity contribution is 6.01. The van der Waals surface area contributed by atoms with Gasteiger partial charge < -0.3 is 10.8 Å². The first-order chi connectivity index (χ1) is 6.74. The van der Waals surface area contributed by atoms with E-state index in [9.17, 15) is 4.79 Å². The topological polar surface area (TPSA) is 92.0 Å². The molecule has 0 amide bonds. The molecule has 2 aromatic rings. The van der Waals surface area contributed by atoms with Crippen molar-refractivity contribution in [2.24, 2.45) is 5.73 Å². The molecule has 5 heteroatoms. The summed E-state index contributed by atoms with van der Waals surface area (Å²) in [5, 5.41) is 15.8. The van der Waals surface area contributed by atoms with Gasteiger partial charge in [0, 0.05) is 11.9 Å². The monoisotopic (exact) mass is 191 g/mol. The third-order valence-corrected chi connectivity index (χ3v) is 2.10. The minimum absolute atomic E-state index is 0.107. The highest BCUT2D eigenvalue weighted by atomic mass is 16.4. The Bertz CT molecular complexity index is 490. The van der Waals surface area contributed by atoms with Crippen molar-refractivity contribution in [2.75, 3.05) is 0 Å². The Labute approximate surface area is 79.5 Å². The van der Waals surface area contributed by atoms with Crippen LogP contribution in [0, 0.1) is 0 Å². The summed E-state index contributed by atoms with van der Waals surface area (Å²) in [5.41, 5.74) is 7.08. The lowest BCUT2D eigenvalue weighted by Crippen LogP contribution is -1.98. The van der Waals surface area contributed by atoms with Gasteiger partial charge in [0.15, 0.2) is 5.69 Å². The zero-order valence-electron chi connectivity index (χ0n) is 7.32. The highest BCUT2D eigenvalue weighted by Gasteiger charge is 2.12. The number of rotatable bonds is 2. The second-order valence-electron chi connectivity index (χ2n) is 2.92. The van der Waals surface area contributed by atoms with Crippen LogP contribution in [0.5, 0.6) is 0 Å². The molecule has 1 aromatic heterocycles. The Morgan fingerprint density at radius 1 is 1.57 bits per heavy atom. The fraction of sp³-hybridized carbons (Fsp3) is 0.111. The number of aromatic nitrogens is 2. The lowest BCUT2D eigenvalue weighted by molar-refractivity contribution is 0.0692. The van der Waals surface area contributed by atoms with E-state index < -0.39 is 5.97 Å². The van der Waals surface area contributed by atoms with Gasteiger partial charge in [-0.1, -0.05) is 18.2 Å². The van der Waals surface area contributed by atoms with E-state index in [1.165, 1.54) is 0 Å². The van der Waals surface area contributed by atoms with Crippen LogP contribution >= 0.6 is 0 Å². The standard InChI is InChI=1S/C9H9N3O2/c10-4-5-2-1-3-6-7(5)11-12-8(6)9(13)14/h1-3H,4,10H2,(H,11,12)(H,13,14). The Hall–Kier alpha value is -1.88. The summed E-state index contributed by atoms with van der Waals surface area (Å²) in [6.45, 7) is 0.348. The Balaban J connectivity index is 2.75. The molecule has 1 heterocycles. The number of H-pyrrole nitrogens is 1. The zero-order chi connectivity index (χ0) is 10.1. The molecule has 0 fully saturated rings. The van der Waals surface area contributed by atoms with Crippen molar-refractivity contribution in [1.82, 2.24) is 10.2 Å². The van der Waals surface area contributed by atoms with Gasteiger partial charge in [0.2, 0.25) is 0 Å². The van der Waals surface area contributed by atoms with Gasteiger partial charge in [-0.3, -0.25) is 5.10 Å². The normalized spacial score (nSPS) is 10.6. The minimum Gasteiger partial charge on any atom is -0.477 e. The van der Waals surface area contributed by atoms with Crippen LogP contribution in [0.15, 0.2) is 18.2 Å². The number of carbonyl (C=O) groups is 1. The Kier molecular flexibility index (Phi) is 1.94. The van der Waals surface area contributed by atoms with Crippen LogP contribution in [0.4, 0.5) is 0 Å². The molecular formula is C9H9N3O2. The molecule has 0 aliphatic heterocycles. The van der Waals surface area contributed by atoms with Gasteiger partial charge in [0.1, 0.15) is 0 Å². The van der Waals surface area contributed by atoms with Crippen LogP contribution in [0.25, 0.3) is 10.9 Å². The van der Waals surface area contributed by atoms with Gasteiger partial charge in [0.25, 0.3) is 0 Å². The molecule has 0 aliphatic rings. The van der Waals surface area contributed by atoms with E-state index in [4.69, 9.17) is 10.8 Å². The molecule has 0 atom stereocenters. The predicted octanol–water partition coefficient (Wildman–Crippen LogP) is 0.720. The third kappa shape index (κ3) is 1.14. The van der Waals surface area contributed by atoms with Crippen molar-refractivity contribution in [2.45, 2.75) is 6.54 Å². The van der Waals surface area contributed by atoms with E-state index in [-0.39, 0.29) is 5.69 Å². The van der Waals surface area contributed by atoms with Crippen molar-refractivity contribution in [1.29, 1.82) is 0 Å². The van der Waals surface area contributed by atoms with Crippen molar-refractivity contribution in [3.63, 3.8) is 0 Å². The summed E-state index contributed by atoms with van der Waals surface area (Å²) in [7, 11) is 0. The number of carboxylic acids is 1. The first-order valence-corrected chi connectivity index (χ1v) is 4.13. The van der Waals surface area contributed by atoms with Crippen molar-refractivity contribution >= 4 is 16.9 Å². The number of nitrogens with one attached hydrogen (secondary N) is 1. The number of carboxylic acid groups (broad SMARTS) is 1. The summed E-state index contributed by atoms with van der Waals surface area (Å²) in [6.07, 6.45) is 0. The summed E-state index contributed by atoms with van der Waals surface area (Å²) in [6, 6.07) is 5.31. The summed E-state index contributed by atoms with van der Waals surface area (Å²) in [4.78, 5) is 10.8. The van der Waals surface area contributed by atoms with E-state index >= 15 is 0 Å². The lowest BCUT2D eigenvalue weighted by Gasteiger charge is -1.96.